The van der Waals surface area contributed by atoms with Gasteiger partial charge < -0.3 is 20.3 Å². The minimum Gasteiger partial charge on any atom is -0.466 e. The number of likely N-dealkylation sites (N-methyl/N-ethyl adjacent to an activating group) is 1. The number of hydrogen-bond acceptors (Lipinski definition) is 5. The highest BCUT2D eigenvalue weighted by Gasteiger charge is 2.44. The lowest BCUT2D eigenvalue weighted by Crippen LogP contribution is -2.54. The van der Waals surface area contributed by atoms with Crippen molar-refractivity contribution in [3.8, 4) is 0 Å². The molecule has 0 spiro atoms. The number of esters is 1. The second-order valence-electron chi connectivity index (χ2n) is 12.4. The molecule has 1 atom stereocenters. The molecule has 7 heteroatoms. The second kappa shape index (κ2) is 14.0. The van der Waals surface area contributed by atoms with Gasteiger partial charge in [0.2, 0.25) is 11.8 Å². The van der Waals surface area contributed by atoms with Gasteiger partial charge >= 0.3 is 5.97 Å². The third-order valence-electron chi connectivity index (χ3n) is 8.37. The summed E-state index contributed by atoms with van der Waals surface area (Å²) >= 11 is 0. The van der Waals surface area contributed by atoms with Gasteiger partial charge in [0.25, 0.3) is 0 Å². The molecule has 3 aromatic carbocycles. The van der Waals surface area contributed by atoms with E-state index >= 15 is 0 Å². The largest absolute Gasteiger partial charge is 0.466 e. The van der Waals surface area contributed by atoms with Crippen LogP contribution in [0.3, 0.4) is 0 Å². The number of fused-ring (bicyclic) bond motifs is 1. The van der Waals surface area contributed by atoms with Gasteiger partial charge in [-0.3, -0.25) is 14.4 Å². The summed E-state index contributed by atoms with van der Waals surface area (Å²) in [5.41, 5.74) is 7.01. The highest BCUT2D eigenvalue weighted by atomic mass is 16.5. The summed E-state index contributed by atoms with van der Waals surface area (Å²) in [7, 11) is 1.69. The molecule has 2 amide bonds. The number of nitrogens with zero attached hydrogens (tertiary/aromatic N) is 2. The number of piperidine rings is 1. The Balaban J connectivity index is 1.56. The molecule has 1 aliphatic heterocycles. The molecular formula is C36H45N3O4. The van der Waals surface area contributed by atoms with Crippen molar-refractivity contribution in [2.45, 2.75) is 64.5 Å². The first kappa shape index (κ1) is 32.0. The van der Waals surface area contributed by atoms with Crippen LogP contribution in [0.4, 0.5) is 0 Å². The first-order valence-corrected chi connectivity index (χ1v) is 15.2. The number of ether oxygens (including phenoxy) is 1. The summed E-state index contributed by atoms with van der Waals surface area (Å²) in [6, 6.07) is 23.5. The van der Waals surface area contributed by atoms with Crippen molar-refractivity contribution in [3.05, 3.63) is 96.1 Å². The van der Waals surface area contributed by atoms with Crippen LogP contribution in [0.15, 0.2) is 84.9 Å². The molecule has 7 nitrogen and oxygen atoms in total. The molecule has 1 unspecified atom stereocenters. The highest BCUT2D eigenvalue weighted by Crippen LogP contribution is 2.37. The number of hydrogen-bond donors (Lipinski definition) is 1. The Kier molecular flexibility index (Phi) is 10.4. The van der Waals surface area contributed by atoms with E-state index in [-0.39, 0.29) is 17.8 Å². The third kappa shape index (κ3) is 8.32. The van der Waals surface area contributed by atoms with Crippen molar-refractivity contribution in [1.29, 1.82) is 0 Å². The zero-order valence-electron chi connectivity index (χ0n) is 25.9. The Labute approximate surface area is 255 Å². The van der Waals surface area contributed by atoms with Crippen molar-refractivity contribution in [2.75, 3.05) is 26.7 Å². The molecule has 2 N–H and O–H groups in total. The molecule has 1 aliphatic rings. The van der Waals surface area contributed by atoms with E-state index in [1.165, 1.54) is 11.0 Å². The number of rotatable bonds is 11. The summed E-state index contributed by atoms with van der Waals surface area (Å²) in [5.74, 6) is -0.571. The molecule has 1 fully saturated rings. The van der Waals surface area contributed by atoms with Gasteiger partial charge in [0.05, 0.1) is 12.0 Å². The van der Waals surface area contributed by atoms with Crippen LogP contribution in [0.2, 0.25) is 0 Å². The Morgan fingerprint density at radius 2 is 1.63 bits per heavy atom. The molecule has 43 heavy (non-hydrogen) atoms. The van der Waals surface area contributed by atoms with Crippen LogP contribution in [-0.4, -0.2) is 65.9 Å². The van der Waals surface area contributed by atoms with E-state index < -0.39 is 17.0 Å². The SMILES string of the molecule is CCOC(=O)C1(Cc2ccccc2)CCN(C(=O)C(Cc2ccc3ccccc3c2)N(C)C(=O)/C=C/CC(C)(C)N)CC1. The van der Waals surface area contributed by atoms with E-state index in [9.17, 15) is 14.4 Å². The molecule has 0 saturated carbocycles. The Morgan fingerprint density at radius 3 is 2.28 bits per heavy atom. The predicted molar refractivity (Wildman–Crippen MR) is 171 cm³/mol. The summed E-state index contributed by atoms with van der Waals surface area (Å²) in [4.78, 5) is 44.1. The lowest BCUT2D eigenvalue weighted by atomic mass is 9.73. The van der Waals surface area contributed by atoms with Crippen LogP contribution < -0.4 is 5.73 Å². The molecule has 3 aromatic rings. The van der Waals surface area contributed by atoms with Crippen LogP contribution in [0.5, 0.6) is 0 Å². The number of carbonyl (C=O) groups is 3. The van der Waals surface area contributed by atoms with Gasteiger partial charge in [-0.05, 0) is 74.4 Å². The molecule has 4 rings (SSSR count). The lowest BCUT2D eigenvalue weighted by molar-refractivity contribution is -0.161. The van der Waals surface area contributed by atoms with Crippen LogP contribution in [0.1, 0.15) is 51.2 Å². The predicted octanol–water partition coefficient (Wildman–Crippen LogP) is 5.31. The van der Waals surface area contributed by atoms with E-state index in [4.69, 9.17) is 10.5 Å². The molecule has 0 bridgehead atoms. The van der Waals surface area contributed by atoms with Gasteiger partial charge in [-0.25, -0.2) is 0 Å². The summed E-state index contributed by atoms with van der Waals surface area (Å²) in [5, 5.41) is 2.21. The monoisotopic (exact) mass is 583 g/mol. The average molecular weight is 584 g/mol. The second-order valence-corrected chi connectivity index (χ2v) is 12.4. The first-order valence-electron chi connectivity index (χ1n) is 15.2. The maximum Gasteiger partial charge on any atom is 0.312 e. The number of carbonyl (C=O) groups excluding carboxylic acids is 3. The summed E-state index contributed by atoms with van der Waals surface area (Å²) in [6.45, 7) is 6.77. The summed E-state index contributed by atoms with van der Waals surface area (Å²) < 4.78 is 5.53. The van der Waals surface area contributed by atoms with Gasteiger partial charge in [0.15, 0.2) is 0 Å². The average Bonchev–Trinajstić information content (AvgIpc) is 2.99. The van der Waals surface area contributed by atoms with Crippen LogP contribution >= 0.6 is 0 Å². The van der Waals surface area contributed by atoms with E-state index in [1.54, 1.807) is 13.1 Å². The fraction of sp³-hybridized carbons (Fsp3) is 0.417. The molecule has 0 aliphatic carbocycles. The Morgan fingerprint density at radius 1 is 0.977 bits per heavy atom. The highest BCUT2D eigenvalue weighted by molar-refractivity contribution is 5.93. The summed E-state index contributed by atoms with van der Waals surface area (Å²) in [6.07, 6.45) is 5.77. The van der Waals surface area contributed by atoms with Gasteiger partial charge in [-0.2, -0.15) is 0 Å². The van der Waals surface area contributed by atoms with Gasteiger partial charge in [-0.15, -0.1) is 0 Å². The molecule has 1 saturated heterocycles. The van der Waals surface area contributed by atoms with Crippen molar-refractivity contribution >= 4 is 28.6 Å². The van der Waals surface area contributed by atoms with Crippen LogP contribution in [-0.2, 0) is 32.0 Å². The van der Waals surface area contributed by atoms with E-state index in [1.807, 2.05) is 80.3 Å². The van der Waals surface area contributed by atoms with Gasteiger partial charge in [0.1, 0.15) is 6.04 Å². The number of amides is 2. The maximum absolute atomic E-state index is 14.2. The minimum absolute atomic E-state index is 0.117. The lowest BCUT2D eigenvalue weighted by Gasteiger charge is -2.42. The van der Waals surface area contributed by atoms with Crippen molar-refractivity contribution < 1.29 is 19.1 Å². The fourth-order valence-corrected chi connectivity index (χ4v) is 5.80. The van der Waals surface area contributed by atoms with Crippen molar-refractivity contribution in [2.24, 2.45) is 11.1 Å². The molecule has 0 aromatic heterocycles. The molecule has 228 valence electrons. The van der Waals surface area contributed by atoms with Crippen molar-refractivity contribution in [1.82, 2.24) is 9.80 Å². The molecular weight excluding hydrogens is 538 g/mol. The quantitative estimate of drug-likeness (QED) is 0.244. The van der Waals surface area contributed by atoms with E-state index in [0.29, 0.717) is 51.8 Å². The zero-order chi connectivity index (χ0) is 31.0. The van der Waals surface area contributed by atoms with Crippen LogP contribution in [0.25, 0.3) is 10.8 Å². The van der Waals surface area contributed by atoms with E-state index in [0.717, 1.165) is 21.9 Å². The van der Waals surface area contributed by atoms with Gasteiger partial charge in [-0.1, -0.05) is 78.9 Å². The fourth-order valence-electron chi connectivity index (χ4n) is 5.80. The van der Waals surface area contributed by atoms with Gasteiger partial charge in [0, 0.05) is 32.1 Å². The zero-order valence-corrected chi connectivity index (χ0v) is 25.9. The maximum atomic E-state index is 14.2. The smallest absolute Gasteiger partial charge is 0.312 e. The number of likely N-dealkylation sites (tertiary alicyclic amines) is 1. The van der Waals surface area contributed by atoms with Crippen LogP contribution in [0, 0.1) is 5.41 Å². The van der Waals surface area contributed by atoms with E-state index in [2.05, 4.69) is 18.2 Å². The molecule has 1 heterocycles. The third-order valence-corrected chi connectivity index (χ3v) is 8.37. The minimum atomic E-state index is -0.701. The first-order chi connectivity index (χ1) is 20.5. The Hall–Kier alpha value is -3.97. The standard InChI is InChI=1S/C36H45N3O4/c1-5-43-34(42)36(26-27-12-7-6-8-13-27)20-22-39(23-21-36)33(41)31(38(4)32(40)16-11-19-35(2,3)37)25-28-17-18-29-14-9-10-15-30(29)24-28/h6-18,24,31H,5,19-23,25-26,37H2,1-4H3/b16-11+. The Bertz CT molecular complexity index is 1440. The topological polar surface area (TPSA) is 92.9 Å². The molecule has 0 radical (unpaired) electrons. The van der Waals surface area contributed by atoms with Crippen molar-refractivity contribution in [3.63, 3.8) is 0 Å². The number of benzene rings is 3. The number of nitrogens with two attached hydrogens (primary N) is 1. The normalized spacial score (nSPS) is 15.8.